The van der Waals surface area contributed by atoms with Gasteiger partial charge in [-0.05, 0) is 48.8 Å². The molecule has 2 heteroatoms. The van der Waals surface area contributed by atoms with Gasteiger partial charge in [-0.2, -0.15) is 0 Å². The Morgan fingerprint density at radius 2 is 2.06 bits per heavy atom. The summed E-state index contributed by atoms with van der Waals surface area (Å²) in [5.41, 5.74) is 8.97. The first-order valence-electron chi connectivity index (χ1n) is 7.16. The summed E-state index contributed by atoms with van der Waals surface area (Å²) in [6, 6.07) is 6.92. The highest BCUT2D eigenvalue weighted by molar-refractivity contribution is 5.37. The minimum atomic E-state index is 0.369. The van der Waals surface area contributed by atoms with Gasteiger partial charge in [-0.1, -0.05) is 31.9 Å². The average Bonchev–Trinajstić information content (AvgIpc) is 2.41. The predicted octanol–water partition coefficient (Wildman–Crippen LogP) is 3.32. The lowest BCUT2D eigenvalue weighted by Gasteiger charge is -2.29. The van der Waals surface area contributed by atoms with Crippen LogP contribution in [0.15, 0.2) is 18.2 Å². The summed E-state index contributed by atoms with van der Waals surface area (Å²) >= 11 is 0. The van der Waals surface area contributed by atoms with E-state index < -0.39 is 0 Å². The van der Waals surface area contributed by atoms with Crippen molar-refractivity contribution in [3.05, 3.63) is 29.3 Å². The van der Waals surface area contributed by atoms with Gasteiger partial charge in [0.25, 0.3) is 0 Å². The second kappa shape index (κ2) is 6.24. The molecule has 0 heterocycles. The number of hydrogen-bond donors (Lipinski definition) is 1. The van der Waals surface area contributed by atoms with E-state index in [0.29, 0.717) is 12.0 Å². The molecule has 0 aromatic heterocycles. The van der Waals surface area contributed by atoms with Gasteiger partial charge in [0.1, 0.15) is 5.75 Å². The van der Waals surface area contributed by atoms with Gasteiger partial charge < -0.3 is 10.5 Å². The van der Waals surface area contributed by atoms with Crippen molar-refractivity contribution >= 4 is 0 Å². The molecule has 18 heavy (non-hydrogen) atoms. The molecule has 0 saturated heterocycles. The van der Waals surface area contributed by atoms with Crippen LogP contribution >= 0.6 is 0 Å². The van der Waals surface area contributed by atoms with Crippen LogP contribution in [0, 0.1) is 5.92 Å². The molecule has 0 spiro atoms. The molecule has 100 valence electrons. The smallest absolute Gasteiger partial charge is 0.122 e. The van der Waals surface area contributed by atoms with Crippen LogP contribution in [0.4, 0.5) is 0 Å². The largest absolute Gasteiger partial charge is 0.496 e. The SMILES string of the molecule is CCc1ccc(OC)c(CC2CCCCC2N)c1. The maximum atomic E-state index is 6.25. The Morgan fingerprint density at radius 3 is 2.72 bits per heavy atom. The van der Waals surface area contributed by atoms with E-state index >= 15 is 0 Å². The van der Waals surface area contributed by atoms with E-state index in [-0.39, 0.29) is 0 Å². The number of rotatable bonds is 4. The monoisotopic (exact) mass is 247 g/mol. The van der Waals surface area contributed by atoms with Crippen LogP contribution in [0.1, 0.15) is 43.7 Å². The Kier molecular flexibility index (Phi) is 4.65. The second-order valence-electron chi connectivity index (χ2n) is 5.41. The summed E-state index contributed by atoms with van der Waals surface area (Å²) < 4.78 is 5.48. The van der Waals surface area contributed by atoms with Crippen LogP contribution in [0.2, 0.25) is 0 Å². The Labute approximate surface area is 111 Å². The third-order valence-electron chi connectivity index (χ3n) is 4.20. The predicted molar refractivity (Wildman–Crippen MR) is 76.0 cm³/mol. The summed E-state index contributed by atoms with van der Waals surface area (Å²) in [7, 11) is 1.76. The van der Waals surface area contributed by atoms with Gasteiger partial charge in [-0.25, -0.2) is 0 Å². The van der Waals surface area contributed by atoms with Gasteiger partial charge in [-0.15, -0.1) is 0 Å². The van der Waals surface area contributed by atoms with Gasteiger partial charge in [0, 0.05) is 6.04 Å². The molecular formula is C16H25NO. The lowest BCUT2D eigenvalue weighted by molar-refractivity contribution is 0.302. The van der Waals surface area contributed by atoms with Crippen LogP contribution in [0.3, 0.4) is 0 Å². The fraction of sp³-hybridized carbons (Fsp3) is 0.625. The number of nitrogens with two attached hydrogens (primary N) is 1. The van der Waals surface area contributed by atoms with E-state index in [1.807, 2.05) is 0 Å². The normalized spacial score (nSPS) is 23.9. The van der Waals surface area contributed by atoms with E-state index in [2.05, 4.69) is 25.1 Å². The molecule has 1 saturated carbocycles. The molecule has 0 amide bonds. The summed E-state index contributed by atoms with van der Waals surface area (Å²) in [5.74, 6) is 1.64. The van der Waals surface area contributed by atoms with Crippen LogP contribution in [-0.2, 0) is 12.8 Å². The first-order chi connectivity index (χ1) is 8.74. The van der Waals surface area contributed by atoms with Crippen molar-refractivity contribution in [3.63, 3.8) is 0 Å². The number of methoxy groups -OCH3 is 1. The fourth-order valence-corrected chi connectivity index (χ4v) is 2.98. The van der Waals surface area contributed by atoms with Gasteiger partial charge in [0.05, 0.1) is 7.11 Å². The number of hydrogen-bond acceptors (Lipinski definition) is 2. The van der Waals surface area contributed by atoms with E-state index in [9.17, 15) is 0 Å². The quantitative estimate of drug-likeness (QED) is 0.886. The van der Waals surface area contributed by atoms with Crippen molar-refractivity contribution in [3.8, 4) is 5.75 Å². The number of ether oxygens (including phenoxy) is 1. The van der Waals surface area contributed by atoms with Crippen molar-refractivity contribution < 1.29 is 4.74 Å². The summed E-state index contributed by atoms with van der Waals surface area (Å²) in [4.78, 5) is 0. The molecule has 2 N–H and O–H groups in total. The highest BCUT2D eigenvalue weighted by atomic mass is 16.5. The van der Waals surface area contributed by atoms with Crippen LogP contribution < -0.4 is 10.5 Å². The van der Waals surface area contributed by atoms with Crippen molar-refractivity contribution in [1.29, 1.82) is 0 Å². The highest BCUT2D eigenvalue weighted by Gasteiger charge is 2.23. The van der Waals surface area contributed by atoms with Crippen LogP contribution in [-0.4, -0.2) is 13.2 Å². The third-order valence-corrected chi connectivity index (χ3v) is 4.20. The van der Waals surface area contributed by atoms with Crippen molar-refractivity contribution in [2.24, 2.45) is 11.7 Å². The maximum Gasteiger partial charge on any atom is 0.122 e. The molecule has 0 radical (unpaired) electrons. The van der Waals surface area contributed by atoms with Crippen molar-refractivity contribution in [2.45, 2.75) is 51.5 Å². The molecule has 1 aliphatic carbocycles. The van der Waals surface area contributed by atoms with Gasteiger partial charge in [-0.3, -0.25) is 0 Å². The number of benzene rings is 1. The lowest BCUT2D eigenvalue weighted by Crippen LogP contribution is -2.34. The van der Waals surface area contributed by atoms with Gasteiger partial charge in [0.2, 0.25) is 0 Å². The zero-order valence-corrected chi connectivity index (χ0v) is 11.6. The molecule has 2 unspecified atom stereocenters. The topological polar surface area (TPSA) is 35.2 Å². The molecular weight excluding hydrogens is 222 g/mol. The highest BCUT2D eigenvalue weighted by Crippen LogP contribution is 2.30. The summed E-state index contributed by atoms with van der Waals surface area (Å²) in [6.45, 7) is 2.19. The van der Waals surface area contributed by atoms with E-state index in [1.54, 1.807) is 7.11 Å². The fourth-order valence-electron chi connectivity index (χ4n) is 2.98. The molecule has 2 nitrogen and oxygen atoms in total. The summed E-state index contributed by atoms with van der Waals surface area (Å²) in [6.07, 6.45) is 7.21. The van der Waals surface area contributed by atoms with Gasteiger partial charge >= 0.3 is 0 Å². The lowest BCUT2D eigenvalue weighted by atomic mass is 9.81. The number of aryl methyl sites for hydroxylation is 1. The minimum absolute atomic E-state index is 0.369. The van der Waals surface area contributed by atoms with E-state index in [1.165, 1.54) is 36.8 Å². The zero-order valence-electron chi connectivity index (χ0n) is 11.6. The Bertz CT molecular complexity index is 389. The second-order valence-corrected chi connectivity index (χ2v) is 5.41. The maximum absolute atomic E-state index is 6.25. The molecule has 1 aromatic carbocycles. The Balaban J connectivity index is 2.15. The van der Waals surface area contributed by atoms with Crippen LogP contribution in [0.5, 0.6) is 5.75 Å². The standard InChI is InChI=1S/C16H25NO/c1-3-12-8-9-16(18-2)14(10-12)11-13-6-4-5-7-15(13)17/h8-10,13,15H,3-7,11,17H2,1-2H3. The molecule has 2 atom stereocenters. The van der Waals surface area contributed by atoms with E-state index in [4.69, 9.17) is 10.5 Å². The molecule has 1 aromatic rings. The molecule has 0 bridgehead atoms. The zero-order chi connectivity index (χ0) is 13.0. The minimum Gasteiger partial charge on any atom is -0.496 e. The van der Waals surface area contributed by atoms with Crippen LogP contribution in [0.25, 0.3) is 0 Å². The van der Waals surface area contributed by atoms with Gasteiger partial charge in [0.15, 0.2) is 0 Å². The Morgan fingerprint density at radius 1 is 1.28 bits per heavy atom. The van der Waals surface area contributed by atoms with Crippen molar-refractivity contribution in [2.75, 3.05) is 7.11 Å². The molecule has 2 rings (SSSR count). The molecule has 1 aliphatic rings. The van der Waals surface area contributed by atoms with Crippen molar-refractivity contribution in [1.82, 2.24) is 0 Å². The average molecular weight is 247 g/mol. The third kappa shape index (κ3) is 3.05. The summed E-state index contributed by atoms with van der Waals surface area (Å²) in [5, 5.41) is 0. The first-order valence-corrected chi connectivity index (χ1v) is 7.16. The molecule has 1 fully saturated rings. The molecule has 0 aliphatic heterocycles. The Hall–Kier alpha value is -1.02. The van der Waals surface area contributed by atoms with E-state index in [0.717, 1.165) is 18.6 Å². The first kappa shape index (κ1) is 13.4.